The van der Waals surface area contributed by atoms with Gasteiger partial charge in [-0.25, -0.2) is 0 Å². The van der Waals surface area contributed by atoms with E-state index in [-0.39, 0.29) is 0 Å². The van der Waals surface area contributed by atoms with Crippen LogP contribution in [0, 0.1) is 0 Å². The Hall–Kier alpha value is 1.46. The summed E-state index contributed by atoms with van der Waals surface area (Å²) < 4.78 is 2.03. The van der Waals surface area contributed by atoms with Crippen LogP contribution in [0.25, 0.3) is 0 Å². The van der Waals surface area contributed by atoms with Crippen molar-refractivity contribution in [1.82, 2.24) is 0 Å². The second-order valence-corrected chi connectivity index (χ2v) is 6.52. The van der Waals surface area contributed by atoms with Gasteiger partial charge in [0, 0.05) is 7.85 Å². The van der Waals surface area contributed by atoms with Crippen molar-refractivity contribution in [1.29, 1.82) is 0 Å². The fourth-order valence-electron chi connectivity index (χ4n) is 1.60. The molecule has 0 N–H and O–H groups in total. The molecule has 1 aliphatic rings. The minimum atomic E-state index is 0.692. The van der Waals surface area contributed by atoms with Crippen LogP contribution < -0.4 is 0 Å². The van der Waals surface area contributed by atoms with E-state index in [0.29, 0.717) is 3.42 Å². The SMILES string of the molecule is ICCC1(I)CCCCC1. The maximum atomic E-state index is 2.69. The summed E-state index contributed by atoms with van der Waals surface area (Å²) in [4.78, 5) is 0. The Bertz CT molecular complexity index is 89.9. The summed E-state index contributed by atoms with van der Waals surface area (Å²) in [5.41, 5.74) is 0. The van der Waals surface area contributed by atoms with Gasteiger partial charge in [-0.15, -0.1) is 0 Å². The van der Waals surface area contributed by atoms with E-state index in [0.717, 1.165) is 0 Å². The van der Waals surface area contributed by atoms with Gasteiger partial charge in [0.2, 0.25) is 0 Å². The van der Waals surface area contributed by atoms with Crippen LogP contribution in [0.3, 0.4) is 0 Å². The molecule has 60 valence electrons. The van der Waals surface area contributed by atoms with Crippen LogP contribution in [0.4, 0.5) is 0 Å². The zero-order valence-electron chi connectivity index (χ0n) is 6.21. The van der Waals surface area contributed by atoms with Gasteiger partial charge in [0.1, 0.15) is 0 Å². The van der Waals surface area contributed by atoms with E-state index in [4.69, 9.17) is 0 Å². The van der Waals surface area contributed by atoms with E-state index < -0.39 is 0 Å². The highest BCUT2D eigenvalue weighted by atomic mass is 127. The van der Waals surface area contributed by atoms with E-state index in [1.807, 2.05) is 0 Å². The molecule has 1 saturated carbocycles. The van der Waals surface area contributed by atoms with Crippen LogP contribution in [-0.4, -0.2) is 7.85 Å². The van der Waals surface area contributed by atoms with Crippen LogP contribution in [0.5, 0.6) is 0 Å². The van der Waals surface area contributed by atoms with Gasteiger partial charge >= 0.3 is 0 Å². The van der Waals surface area contributed by atoms with E-state index in [1.54, 1.807) is 0 Å². The van der Waals surface area contributed by atoms with Gasteiger partial charge in [-0.05, 0) is 19.3 Å². The molecule has 0 aromatic rings. The molecule has 1 fully saturated rings. The molecule has 0 spiro atoms. The number of hydrogen-bond acceptors (Lipinski definition) is 0. The minimum Gasteiger partial charge on any atom is -0.0863 e. The lowest BCUT2D eigenvalue weighted by atomic mass is 9.87. The predicted octanol–water partition coefficient (Wildman–Crippen LogP) is 3.95. The predicted molar refractivity (Wildman–Crippen MR) is 63.3 cm³/mol. The molecular formula is C8H14I2. The van der Waals surface area contributed by atoms with Crippen molar-refractivity contribution in [3.8, 4) is 0 Å². The Morgan fingerprint density at radius 1 is 1.10 bits per heavy atom. The Morgan fingerprint density at radius 3 is 2.20 bits per heavy atom. The Morgan fingerprint density at radius 2 is 1.70 bits per heavy atom. The minimum absolute atomic E-state index is 0.692. The monoisotopic (exact) mass is 364 g/mol. The van der Waals surface area contributed by atoms with Gasteiger partial charge in [-0.1, -0.05) is 64.4 Å². The van der Waals surface area contributed by atoms with Crippen molar-refractivity contribution >= 4 is 45.2 Å². The Kier molecular flexibility index (Phi) is 4.27. The summed E-state index contributed by atoms with van der Waals surface area (Å²) in [6, 6.07) is 0. The molecule has 1 aliphatic carbocycles. The molecule has 0 nitrogen and oxygen atoms in total. The topological polar surface area (TPSA) is 0 Å². The highest BCUT2D eigenvalue weighted by Crippen LogP contribution is 2.39. The lowest BCUT2D eigenvalue weighted by Gasteiger charge is -2.30. The van der Waals surface area contributed by atoms with E-state index in [9.17, 15) is 0 Å². The number of alkyl halides is 2. The molecule has 0 heterocycles. The highest BCUT2D eigenvalue weighted by Gasteiger charge is 2.27. The summed E-state index contributed by atoms with van der Waals surface area (Å²) in [6.45, 7) is 0. The smallest absolute Gasteiger partial charge is 0.0229 e. The first-order valence-corrected chi connectivity index (χ1v) is 6.62. The highest BCUT2D eigenvalue weighted by molar-refractivity contribution is 14.1. The zero-order valence-corrected chi connectivity index (χ0v) is 10.5. The molecule has 0 unspecified atom stereocenters. The third kappa shape index (κ3) is 2.83. The van der Waals surface area contributed by atoms with E-state index >= 15 is 0 Å². The largest absolute Gasteiger partial charge is 0.0863 e. The normalized spacial score (nSPS) is 24.6. The molecule has 0 aromatic heterocycles. The van der Waals surface area contributed by atoms with Crippen LogP contribution >= 0.6 is 45.2 Å². The Labute approximate surface area is 90.8 Å². The summed E-state index contributed by atoms with van der Waals surface area (Å²) >= 11 is 5.18. The summed E-state index contributed by atoms with van der Waals surface area (Å²) in [5.74, 6) is 0. The van der Waals surface area contributed by atoms with Gasteiger partial charge in [0.15, 0.2) is 0 Å². The van der Waals surface area contributed by atoms with E-state index in [1.165, 1.54) is 43.0 Å². The first-order valence-electron chi connectivity index (χ1n) is 4.02. The zero-order chi connectivity index (χ0) is 7.45. The first-order chi connectivity index (χ1) is 4.77. The molecule has 0 atom stereocenters. The fourth-order valence-corrected chi connectivity index (χ4v) is 4.70. The summed E-state index contributed by atoms with van der Waals surface area (Å²) in [5, 5.41) is 0. The molecule has 1 rings (SSSR count). The lowest BCUT2D eigenvalue weighted by molar-refractivity contribution is 0.410. The number of rotatable bonds is 2. The lowest BCUT2D eigenvalue weighted by Crippen LogP contribution is -2.24. The van der Waals surface area contributed by atoms with Gasteiger partial charge in [-0.2, -0.15) is 0 Å². The standard InChI is InChI=1S/C8H14I2/c9-7-6-8(10)4-2-1-3-5-8/h1-7H2. The summed E-state index contributed by atoms with van der Waals surface area (Å²) in [7, 11) is 0. The molecule has 0 radical (unpaired) electrons. The number of halogens is 2. The molecule has 10 heavy (non-hydrogen) atoms. The number of hydrogen-bond donors (Lipinski definition) is 0. The maximum Gasteiger partial charge on any atom is 0.0229 e. The third-order valence-electron chi connectivity index (χ3n) is 2.29. The second kappa shape index (κ2) is 4.48. The van der Waals surface area contributed by atoms with Crippen LogP contribution in [0.2, 0.25) is 0 Å². The van der Waals surface area contributed by atoms with Crippen molar-refractivity contribution in [2.45, 2.75) is 41.9 Å². The molecule has 0 aliphatic heterocycles. The molecule has 0 bridgehead atoms. The maximum absolute atomic E-state index is 2.69. The van der Waals surface area contributed by atoms with Gasteiger partial charge in [0.25, 0.3) is 0 Å². The van der Waals surface area contributed by atoms with Crippen molar-refractivity contribution in [2.75, 3.05) is 4.43 Å². The first kappa shape index (κ1) is 9.55. The van der Waals surface area contributed by atoms with Gasteiger partial charge in [-0.3, -0.25) is 0 Å². The summed E-state index contributed by atoms with van der Waals surface area (Å²) in [6.07, 6.45) is 8.78. The average molecular weight is 364 g/mol. The average Bonchev–Trinajstić information content (AvgIpc) is 1.89. The van der Waals surface area contributed by atoms with Crippen LogP contribution in [0.15, 0.2) is 0 Å². The Balaban J connectivity index is 2.32. The molecule has 2 heteroatoms. The molecule has 0 amide bonds. The molecule has 0 saturated heterocycles. The van der Waals surface area contributed by atoms with Crippen molar-refractivity contribution in [3.63, 3.8) is 0 Å². The van der Waals surface area contributed by atoms with Crippen LogP contribution in [-0.2, 0) is 0 Å². The van der Waals surface area contributed by atoms with Gasteiger partial charge < -0.3 is 0 Å². The van der Waals surface area contributed by atoms with Gasteiger partial charge in [0.05, 0.1) is 0 Å². The van der Waals surface area contributed by atoms with Crippen LogP contribution in [0.1, 0.15) is 38.5 Å². The van der Waals surface area contributed by atoms with Crippen molar-refractivity contribution < 1.29 is 0 Å². The quantitative estimate of drug-likeness (QED) is 0.514. The molecule has 0 aromatic carbocycles. The van der Waals surface area contributed by atoms with Crippen molar-refractivity contribution in [2.24, 2.45) is 0 Å². The third-order valence-corrected chi connectivity index (χ3v) is 4.45. The fraction of sp³-hybridized carbons (Fsp3) is 1.00. The molecular weight excluding hydrogens is 350 g/mol. The second-order valence-electron chi connectivity index (χ2n) is 3.15. The van der Waals surface area contributed by atoms with E-state index in [2.05, 4.69) is 45.2 Å². The van der Waals surface area contributed by atoms with Crippen molar-refractivity contribution in [3.05, 3.63) is 0 Å².